The lowest BCUT2D eigenvalue weighted by atomic mass is 9.93. The van der Waals surface area contributed by atoms with E-state index >= 15 is 0 Å². The van der Waals surface area contributed by atoms with E-state index in [4.69, 9.17) is 26.8 Å². The van der Waals surface area contributed by atoms with Gasteiger partial charge >= 0.3 is 0 Å². The van der Waals surface area contributed by atoms with Crippen LogP contribution in [0, 0.1) is 0 Å². The SMILES string of the molecule is CC(N)(c1cc(Cl)c2c(c1)OCCCO2)C(F)F. The summed E-state index contributed by atoms with van der Waals surface area (Å²) in [6.07, 6.45) is -1.98. The van der Waals surface area contributed by atoms with Gasteiger partial charge in [0.05, 0.1) is 23.8 Å². The predicted octanol–water partition coefficient (Wildman–Crippen LogP) is 2.94. The summed E-state index contributed by atoms with van der Waals surface area (Å²) in [5, 5.41) is 0.238. The maximum absolute atomic E-state index is 12.9. The second kappa shape index (κ2) is 4.90. The molecule has 18 heavy (non-hydrogen) atoms. The van der Waals surface area contributed by atoms with E-state index in [1.165, 1.54) is 19.1 Å². The van der Waals surface area contributed by atoms with Crippen molar-refractivity contribution < 1.29 is 18.3 Å². The molecule has 0 radical (unpaired) electrons. The van der Waals surface area contributed by atoms with Crippen molar-refractivity contribution in [2.24, 2.45) is 5.73 Å². The van der Waals surface area contributed by atoms with Gasteiger partial charge < -0.3 is 15.2 Å². The monoisotopic (exact) mass is 277 g/mol. The molecule has 2 rings (SSSR count). The molecule has 1 aliphatic rings. The summed E-state index contributed by atoms with van der Waals surface area (Å²) in [6, 6.07) is 2.87. The van der Waals surface area contributed by atoms with Crippen molar-refractivity contribution in [1.29, 1.82) is 0 Å². The van der Waals surface area contributed by atoms with Crippen molar-refractivity contribution in [2.45, 2.75) is 25.3 Å². The van der Waals surface area contributed by atoms with Crippen LogP contribution in [-0.2, 0) is 5.54 Å². The van der Waals surface area contributed by atoms with Crippen molar-refractivity contribution in [3.8, 4) is 11.5 Å². The molecular formula is C12H14ClF2NO2. The first-order valence-electron chi connectivity index (χ1n) is 5.59. The summed E-state index contributed by atoms with van der Waals surface area (Å²) in [6.45, 7) is 2.21. The fourth-order valence-corrected chi connectivity index (χ4v) is 1.93. The van der Waals surface area contributed by atoms with E-state index in [1.807, 2.05) is 0 Å². The van der Waals surface area contributed by atoms with Crippen LogP contribution in [0.2, 0.25) is 5.02 Å². The summed E-state index contributed by atoms with van der Waals surface area (Å²) in [5.74, 6) is 0.760. The zero-order valence-electron chi connectivity index (χ0n) is 9.88. The van der Waals surface area contributed by atoms with Gasteiger partial charge in [0.15, 0.2) is 11.5 Å². The molecule has 1 aromatic rings. The van der Waals surface area contributed by atoms with Gasteiger partial charge in [-0.3, -0.25) is 0 Å². The number of nitrogens with two attached hydrogens (primary N) is 1. The molecule has 0 aromatic heterocycles. The minimum Gasteiger partial charge on any atom is -0.489 e. The summed E-state index contributed by atoms with van der Waals surface area (Å²) in [7, 11) is 0. The maximum Gasteiger partial charge on any atom is 0.260 e. The highest BCUT2D eigenvalue weighted by molar-refractivity contribution is 6.32. The molecule has 1 aromatic carbocycles. The molecule has 0 saturated heterocycles. The lowest BCUT2D eigenvalue weighted by molar-refractivity contribution is 0.0624. The molecule has 6 heteroatoms. The van der Waals surface area contributed by atoms with Crippen LogP contribution in [0.15, 0.2) is 12.1 Å². The van der Waals surface area contributed by atoms with E-state index < -0.39 is 12.0 Å². The van der Waals surface area contributed by atoms with Crippen molar-refractivity contribution in [3.05, 3.63) is 22.7 Å². The quantitative estimate of drug-likeness (QED) is 0.904. The molecule has 0 amide bonds. The number of hydrogen-bond acceptors (Lipinski definition) is 3. The number of fused-ring (bicyclic) bond motifs is 1. The Morgan fingerprint density at radius 2 is 2.00 bits per heavy atom. The number of rotatable bonds is 2. The van der Waals surface area contributed by atoms with Gasteiger partial charge in [0.2, 0.25) is 0 Å². The molecule has 1 atom stereocenters. The van der Waals surface area contributed by atoms with Crippen LogP contribution >= 0.6 is 11.6 Å². The zero-order chi connectivity index (χ0) is 13.3. The minimum absolute atomic E-state index is 0.228. The van der Waals surface area contributed by atoms with Gasteiger partial charge in [-0.15, -0.1) is 0 Å². The van der Waals surface area contributed by atoms with Gasteiger partial charge in [0.25, 0.3) is 6.43 Å². The Bertz CT molecular complexity index is 452. The fourth-order valence-electron chi connectivity index (χ4n) is 1.67. The molecule has 1 unspecified atom stereocenters. The smallest absolute Gasteiger partial charge is 0.260 e. The maximum atomic E-state index is 12.9. The second-order valence-corrected chi connectivity index (χ2v) is 4.83. The molecule has 2 N–H and O–H groups in total. The van der Waals surface area contributed by atoms with Gasteiger partial charge in [-0.2, -0.15) is 0 Å². The van der Waals surface area contributed by atoms with Gasteiger partial charge in [-0.25, -0.2) is 8.78 Å². The Kier molecular flexibility index (Phi) is 3.64. The Hall–Kier alpha value is -1.07. The van der Waals surface area contributed by atoms with Crippen LogP contribution in [0.1, 0.15) is 18.9 Å². The molecule has 0 fully saturated rings. The van der Waals surface area contributed by atoms with Crippen molar-refractivity contribution >= 4 is 11.6 Å². The Morgan fingerprint density at radius 3 is 2.67 bits per heavy atom. The van der Waals surface area contributed by atoms with Crippen LogP contribution in [0.3, 0.4) is 0 Å². The number of halogens is 3. The number of benzene rings is 1. The minimum atomic E-state index is -2.70. The Morgan fingerprint density at radius 1 is 1.33 bits per heavy atom. The largest absolute Gasteiger partial charge is 0.489 e. The van der Waals surface area contributed by atoms with Crippen molar-refractivity contribution in [2.75, 3.05) is 13.2 Å². The molecule has 0 aliphatic carbocycles. The molecule has 0 bridgehead atoms. The predicted molar refractivity (Wildman–Crippen MR) is 64.6 cm³/mol. The van der Waals surface area contributed by atoms with Crippen molar-refractivity contribution in [1.82, 2.24) is 0 Å². The summed E-state index contributed by atoms with van der Waals surface area (Å²) in [5.41, 5.74) is 4.08. The number of ether oxygens (including phenoxy) is 2. The lowest BCUT2D eigenvalue weighted by Crippen LogP contribution is -2.40. The standard InChI is InChI=1S/C12H14ClF2NO2/c1-12(16,11(14)15)7-5-8(13)10-9(6-7)17-3-2-4-18-10/h5-6,11H,2-4,16H2,1H3. The average molecular weight is 278 g/mol. The third-order valence-electron chi connectivity index (χ3n) is 2.88. The zero-order valence-corrected chi connectivity index (χ0v) is 10.6. The first-order chi connectivity index (χ1) is 8.43. The number of alkyl halides is 2. The number of hydrogen-bond donors (Lipinski definition) is 1. The first-order valence-corrected chi connectivity index (χ1v) is 5.97. The van der Waals surface area contributed by atoms with E-state index in [2.05, 4.69) is 0 Å². The van der Waals surface area contributed by atoms with Crippen LogP contribution < -0.4 is 15.2 Å². The van der Waals surface area contributed by atoms with Gasteiger partial charge in [-0.1, -0.05) is 11.6 Å². The molecule has 1 aliphatic heterocycles. The molecule has 0 saturated carbocycles. The highest BCUT2D eigenvalue weighted by atomic mass is 35.5. The highest BCUT2D eigenvalue weighted by Gasteiger charge is 2.34. The van der Waals surface area contributed by atoms with Crippen LogP contribution in [0.25, 0.3) is 0 Å². The van der Waals surface area contributed by atoms with E-state index in [-0.39, 0.29) is 10.6 Å². The highest BCUT2D eigenvalue weighted by Crippen LogP contribution is 2.41. The first kappa shape index (κ1) is 13.4. The molecule has 1 heterocycles. The van der Waals surface area contributed by atoms with Crippen LogP contribution in [-0.4, -0.2) is 19.6 Å². The van der Waals surface area contributed by atoms with E-state index in [9.17, 15) is 8.78 Å². The summed E-state index contributed by atoms with van der Waals surface area (Å²) in [4.78, 5) is 0. The average Bonchev–Trinajstić information content (AvgIpc) is 2.54. The van der Waals surface area contributed by atoms with Crippen LogP contribution in [0.4, 0.5) is 8.78 Å². The van der Waals surface area contributed by atoms with Crippen LogP contribution in [0.5, 0.6) is 11.5 Å². The third kappa shape index (κ3) is 2.37. The van der Waals surface area contributed by atoms with Gasteiger partial charge in [-0.05, 0) is 24.6 Å². The molecule has 3 nitrogen and oxygen atoms in total. The normalized spacial score (nSPS) is 18.3. The fraction of sp³-hybridized carbons (Fsp3) is 0.500. The summed E-state index contributed by atoms with van der Waals surface area (Å²) < 4.78 is 36.7. The van der Waals surface area contributed by atoms with Gasteiger partial charge in [0.1, 0.15) is 0 Å². The van der Waals surface area contributed by atoms with Crippen molar-refractivity contribution in [3.63, 3.8) is 0 Å². The summed E-state index contributed by atoms with van der Waals surface area (Å²) >= 11 is 6.03. The van der Waals surface area contributed by atoms with E-state index in [0.29, 0.717) is 24.7 Å². The van der Waals surface area contributed by atoms with E-state index in [0.717, 1.165) is 6.42 Å². The lowest BCUT2D eigenvalue weighted by Gasteiger charge is -2.25. The molecule has 0 spiro atoms. The van der Waals surface area contributed by atoms with E-state index in [1.54, 1.807) is 0 Å². The third-order valence-corrected chi connectivity index (χ3v) is 3.16. The molecule has 100 valence electrons. The van der Waals surface area contributed by atoms with Gasteiger partial charge in [0, 0.05) is 6.42 Å². The molecular weight excluding hydrogens is 264 g/mol. The Labute approximate surface area is 109 Å². The Balaban J connectivity index is 2.47. The topological polar surface area (TPSA) is 44.5 Å². The second-order valence-electron chi connectivity index (χ2n) is 4.42.